The van der Waals surface area contributed by atoms with Gasteiger partial charge in [-0.2, -0.15) is 13.2 Å². The monoisotopic (exact) mass is 428 g/mol. The topological polar surface area (TPSA) is 66.5 Å². The van der Waals surface area contributed by atoms with Crippen molar-refractivity contribution in [1.29, 1.82) is 0 Å². The molecule has 0 bridgehead atoms. The Morgan fingerprint density at radius 2 is 1.52 bits per heavy atom. The van der Waals surface area contributed by atoms with E-state index < -0.39 is 26.1 Å². The molecule has 0 spiro atoms. The Balaban J connectivity index is 2.09. The minimum atomic E-state index is -5.43. The maximum atomic E-state index is 12.6. The highest BCUT2D eigenvalue weighted by atomic mass is 32.2. The van der Waals surface area contributed by atoms with Crippen molar-refractivity contribution in [2.75, 3.05) is 13.1 Å². The maximum absolute atomic E-state index is 12.6. The molecule has 0 saturated carbocycles. The Morgan fingerprint density at radius 3 is 2.03 bits per heavy atom. The molecule has 0 aliphatic carbocycles. The van der Waals surface area contributed by atoms with Crippen molar-refractivity contribution in [2.24, 2.45) is 0 Å². The van der Waals surface area contributed by atoms with Gasteiger partial charge in [0.25, 0.3) is 15.7 Å². The molecular formula is C20H23F3N2O3S. The molecule has 1 amide bonds. The molecule has 0 aromatic heterocycles. The number of carbonyl (C=O) groups is 1. The molecule has 0 atom stereocenters. The van der Waals surface area contributed by atoms with E-state index in [9.17, 15) is 26.4 Å². The minimum absolute atomic E-state index is 0.0762. The number of sulfone groups is 1. The van der Waals surface area contributed by atoms with E-state index in [4.69, 9.17) is 0 Å². The van der Waals surface area contributed by atoms with Crippen molar-refractivity contribution in [3.8, 4) is 0 Å². The Bertz CT molecular complexity index is 938. The van der Waals surface area contributed by atoms with Crippen molar-refractivity contribution in [3.63, 3.8) is 0 Å². The molecule has 5 nitrogen and oxygen atoms in total. The number of nitrogens with one attached hydrogen (secondary N) is 1. The largest absolute Gasteiger partial charge is 0.501 e. The summed E-state index contributed by atoms with van der Waals surface area (Å²) in [5.74, 6) is -0.501. The van der Waals surface area contributed by atoms with Gasteiger partial charge in [-0.1, -0.05) is 38.1 Å². The third-order valence-electron chi connectivity index (χ3n) is 4.58. The van der Waals surface area contributed by atoms with Gasteiger partial charge in [0, 0.05) is 18.7 Å². The standard InChI is InChI=1S/C20H23F3N2O3S/c1-3-25(4-2)14-17-8-6-5-7-16(17)13-24-19(26)15-9-11-18(12-10-15)29(27,28)20(21,22)23/h5-12H,3-4,13-14H2,1-2H3,(H,24,26). The number of carbonyl (C=O) groups excluding carboxylic acids is 1. The first-order valence-corrected chi connectivity index (χ1v) is 10.6. The van der Waals surface area contributed by atoms with Gasteiger partial charge in [-0.05, 0) is 48.5 Å². The number of hydrogen-bond acceptors (Lipinski definition) is 4. The van der Waals surface area contributed by atoms with Crippen molar-refractivity contribution < 1.29 is 26.4 Å². The zero-order chi connectivity index (χ0) is 21.7. The molecule has 9 heteroatoms. The normalized spacial score (nSPS) is 12.2. The van der Waals surface area contributed by atoms with Crippen LogP contribution in [-0.2, 0) is 22.9 Å². The molecule has 0 saturated heterocycles. The predicted octanol–water partition coefficient (Wildman–Crippen LogP) is 3.75. The predicted molar refractivity (Wildman–Crippen MR) is 104 cm³/mol. The van der Waals surface area contributed by atoms with Crippen LogP contribution in [0.1, 0.15) is 35.3 Å². The van der Waals surface area contributed by atoms with Crippen LogP contribution in [0.15, 0.2) is 53.4 Å². The summed E-state index contributed by atoms with van der Waals surface area (Å²) in [5, 5.41) is 2.72. The second-order valence-corrected chi connectivity index (χ2v) is 8.33. The number of rotatable bonds is 8. The fourth-order valence-electron chi connectivity index (χ4n) is 2.77. The van der Waals surface area contributed by atoms with Crippen molar-refractivity contribution >= 4 is 15.7 Å². The minimum Gasteiger partial charge on any atom is -0.348 e. The lowest BCUT2D eigenvalue weighted by Gasteiger charge is -2.20. The quantitative estimate of drug-likeness (QED) is 0.696. The van der Waals surface area contributed by atoms with Crippen LogP contribution in [0, 0.1) is 0 Å². The number of benzene rings is 2. The average molecular weight is 428 g/mol. The smallest absolute Gasteiger partial charge is 0.348 e. The van der Waals surface area contributed by atoms with Gasteiger partial charge in [0.05, 0.1) is 4.90 Å². The van der Waals surface area contributed by atoms with E-state index in [0.29, 0.717) is 0 Å². The summed E-state index contributed by atoms with van der Waals surface area (Å²) in [4.78, 5) is 13.7. The Kier molecular flexibility index (Phi) is 7.43. The first-order valence-electron chi connectivity index (χ1n) is 9.08. The molecule has 2 rings (SSSR count). The van der Waals surface area contributed by atoms with Crippen LogP contribution in [0.25, 0.3) is 0 Å². The van der Waals surface area contributed by atoms with Crippen LogP contribution in [-0.4, -0.2) is 37.8 Å². The van der Waals surface area contributed by atoms with Crippen LogP contribution in [0.5, 0.6) is 0 Å². The Morgan fingerprint density at radius 1 is 0.966 bits per heavy atom. The molecule has 0 aliphatic heterocycles. The highest BCUT2D eigenvalue weighted by Gasteiger charge is 2.46. The molecule has 1 N–H and O–H groups in total. The van der Waals surface area contributed by atoms with Gasteiger partial charge >= 0.3 is 5.51 Å². The van der Waals surface area contributed by atoms with Crippen LogP contribution >= 0.6 is 0 Å². The van der Waals surface area contributed by atoms with Gasteiger partial charge < -0.3 is 5.32 Å². The summed E-state index contributed by atoms with van der Waals surface area (Å²) in [6.45, 7) is 6.91. The zero-order valence-corrected chi connectivity index (χ0v) is 17.0. The van der Waals surface area contributed by atoms with E-state index >= 15 is 0 Å². The fraction of sp³-hybridized carbons (Fsp3) is 0.350. The maximum Gasteiger partial charge on any atom is 0.501 e. The van der Waals surface area contributed by atoms with Crippen molar-refractivity contribution in [2.45, 2.75) is 37.3 Å². The molecule has 2 aromatic carbocycles. The van der Waals surface area contributed by atoms with Crippen molar-refractivity contribution in [3.05, 3.63) is 65.2 Å². The van der Waals surface area contributed by atoms with Gasteiger partial charge in [-0.25, -0.2) is 8.42 Å². The van der Waals surface area contributed by atoms with Gasteiger partial charge in [-0.15, -0.1) is 0 Å². The third kappa shape index (κ3) is 5.57. The summed E-state index contributed by atoms with van der Waals surface area (Å²) in [7, 11) is -5.43. The fourth-order valence-corrected chi connectivity index (χ4v) is 3.53. The van der Waals surface area contributed by atoms with E-state index in [2.05, 4.69) is 24.1 Å². The first kappa shape index (κ1) is 22.9. The number of hydrogen-bond donors (Lipinski definition) is 1. The van der Waals surface area contributed by atoms with E-state index in [-0.39, 0.29) is 12.1 Å². The number of alkyl halides is 3. The van der Waals surface area contributed by atoms with E-state index in [1.807, 2.05) is 24.3 Å². The summed E-state index contributed by atoms with van der Waals surface area (Å²) < 4.78 is 60.6. The molecule has 0 unspecified atom stereocenters. The molecular weight excluding hydrogens is 405 g/mol. The SMILES string of the molecule is CCN(CC)Cc1ccccc1CNC(=O)c1ccc(S(=O)(=O)C(F)(F)F)cc1. The summed E-state index contributed by atoms with van der Waals surface area (Å²) in [5.41, 5.74) is -3.30. The summed E-state index contributed by atoms with van der Waals surface area (Å²) in [6, 6.07) is 11.4. The molecule has 0 aliphatic rings. The van der Waals surface area contributed by atoms with Crippen LogP contribution < -0.4 is 5.32 Å². The lowest BCUT2D eigenvalue weighted by Crippen LogP contribution is -2.26. The highest BCUT2D eigenvalue weighted by Crippen LogP contribution is 2.30. The number of halogens is 3. The average Bonchev–Trinajstić information content (AvgIpc) is 2.70. The number of nitrogens with zero attached hydrogens (tertiary/aromatic N) is 1. The highest BCUT2D eigenvalue weighted by molar-refractivity contribution is 7.92. The van der Waals surface area contributed by atoms with Gasteiger partial charge in [-0.3, -0.25) is 9.69 Å². The van der Waals surface area contributed by atoms with Gasteiger partial charge in [0.15, 0.2) is 0 Å². The second-order valence-electron chi connectivity index (χ2n) is 6.39. The molecule has 0 heterocycles. The van der Waals surface area contributed by atoms with Crippen molar-refractivity contribution in [1.82, 2.24) is 10.2 Å². The van der Waals surface area contributed by atoms with E-state index in [1.165, 1.54) is 0 Å². The summed E-state index contributed by atoms with van der Waals surface area (Å²) in [6.07, 6.45) is 0. The molecule has 2 aromatic rings. The third-order valence-corrected chi connectivity index (χ3v) is 6.08. The molecule has 158 valence electrons. The molecule has 0 fully saturated rings. The number of amides is 1. The molecule has 29 heavy (non-hydrogen) atoms. The van der Waals surface area contributed by atoms with Crippen LogP contribution in [0.3, 0.4) is 0 Å². The van der Waals surface area contributed by atoms with Gasteiger partial charge in [0.1, 0.15) is 0 Å². The Hall–Kier alpha value is -2.39. The zero-order valence-electron chi connectivity index (χ0n) is 16.2. The van der Waals surface area contributed by atoms with Crippen LogP contribution in [0.2, 0.25) is 0 Å². The van der Waals surface area contributed by atoms with Crippen LogP contribution in [0.4, 0.5) is 13.2 Å². The lowest BCUT2D eigenvalue weighted by molar-refractivity contribution is -0.0436. The lowest BCUT2D eigenvalue weighted by atomic mass is 10.1. The summed E-state index contributed by atoms with van der Waals surface area (Å²) >= 11 is 0. The Labute approximate surface area is 168 Å². The first-order chi connectivity index (χ1) is 13.6. The van der Waals surface area contributed by atoms with E-state index in [1.54, 1.807) is 0 Å². The van der Waals surface area contributed by atoms with E-state index in [0.717, 1.165) is 55.0 Å². The second kappa shape index (κ2) is 9.41. The van der Waals surface area contributed by atoms with Gasteiger partial charge in [0.2, 0.25) is 0 Å². The molecule has 0 radical (unpaired) electrons.